The van der Waals surface area contributed by atoms with Gasteiger partial charge >= 0.3 is 0 Å². The highest BCUT2D eigenvalue weighted by molar-refractivity contribution is 8.13. The van der Waals surface area contributed by atoms with Gasteiger partial charge in [-0.05, 0) is 0 Å². The molecule has 0 N–H and O–H groups in total. The molecule has 0 aromatic carbocycles. The van der Waals surface area contributed by atoms with Gasteiger partial charge < -0.3 is 4.74 Å². The van der Waals surface area contributed by atoms with Crippen molar-refractivity contribution in [2.24, 2.45) is 0 Å². The molecule has 0 radical (unpaired) electrons. The van der Waals surface area contributed by atoms with Crippen molar-refractivity contribution >= 4 is 19.7 Å². The van der Waals surface area contributed by atoms with Gasteiger partial charge in [0.1, 0.15) is 11.6 Å². The molecule has 0 spiro atoms. The topological polar surface area (TPSA) is 80.0 Å². The highest BCUT2D eigenvalue weighted by Gasteiger charge is 2.29. The molecule has 17 heavy (non-hydrogen) atoms. The number of aromatic nitrogens is 1. The Bertz CT molecular complexity index is 583. The molecular weight excluding hydrogens is 278 g/mol. The summed E-state index contributed by atoms with van der Waals surface area (Å²) >= 11 is 0. The second kappa shape index (κ2) is 4.81. The lowest BCUT2D eigenvalue weighted by molar-refractivity contribution is 0.146. The van der Waals surface area contributed by atoms with Crippen LogP contribution in [0.25, 0.3) is 0 Å². The number of ether oxygens (including phenoxy) is 1. The van der Waals surface area contributed by atoms with Gasteiger partial charge in [0.05, 0.1) is 18.9 Å². The fraction of sp³-hybridized carbons (Fsp3) is 0.250. The van der Waals surface area contributed by atoms with E-state index >= 15 is 0 Å². The lowest BCUT2D eigenvalue weighted by Gasteiger charge is -2.10. The average molecular weight is 283 g/mol. The summed E-state index contributed by atoms with van der Waals surface area (Å²) in [5.74, 6) is -0.244. The van der Waals surface area contributed by atoms with Gasteiger partial charge in [0.2, 0.25) is 0 Å². The SMILES string of the molecule is COc1cnc(S(=O)(=O)Cl)c(C(F)F)c1C#N. The van der Waals surface area contributed by atoms with Crippen molar-refractivity contribution in [3.63, 3.8) is 0 Å². The zero-order valence-electron chi connectivity index (χ0n) is 8.32. The third kappa shape index (κ3) is 2.62. The molecule has 0 saturated heterocycles. The van der Waals surface area contributed by atoms with E-state index in [4.69, 9.17) is 15.9 Å². The van der Waals surface area contributed by atoms with Crippen molar-refractivity contribution in [2.45, 2.75) is 11.5 Å². The molecule has 0 saturated carbocycles. The van der Waals surface area contributed by atoms with Crippen molar-refractivity contribution in [1.82, 2.24) is 4.98 Å². The fourth-order valence-electron chi connectivity index (χ4n) is 1.16. The fourth-order valence-corrected chi connectivity index (χ4v) is 2.16. The summed E-state index contributed by atoms with van der Waals surface area (Å²) in [7, 11) is 1.64. The van der Waals surface area contributed by atoms with E-state index in [2.05, 4.69) is 9.72 Å². The Morgan fingerprint density at radius 3 is 2.53 bits per heavy atom. The molecule has 0 fully saturated rings. The number of hydrogen-bond acceptors (Lipinski definition) is 5. The molecule has 0 aliphatic rings. The Labute approximate surface area is 100 Å². The minimum Gasteiger partial charge on any atom is -0.494 e. The summed E-state index contributed by atoms with van der Waals surface area (Å²) < 4.78 is 52.2. The smallest absolute Gasteiger partial charge is 0.279 e. The number of methoxy groups -OCH3 is 1. The summed E-state index contributed by atoms with van der Waals surface area (Å²) in [6.07, 6.45) is -2.37. The number of pyridine rings is 1. The molecule has 1 aromatic heterocycles. The summed E-state index contributed by atoms with van der Waals surface area (Å²) in [5, 5.41) is 7.70. The van der Waals surface area contributed by atoms with Crippen LogP contribution in [0, 0.1) is 11.3 Å². The van der Waals surface area contributed by atoms with E-state index in [-0.39, 0.29) is 5.75 Å². The van der Waals surface area contributed by atoms with Crippen LogP contribution in [0.2, 0.25) is 0 Å². The number of alkyl halides is 2. The maximum absolute atomic E-state index is 12.8. The number of nitrogens with zero attached hydrogens (tertiary/aromatic N) is 2. The molecule has 0 aliphatic carbocycles. The predicted octanol–water partition coefficient (Wildman–Crippen LogP) is 1.83. The highest BCUT2D eigenvalue weighted by Crippen LogP contribution is 2.34. The van der Waals surface area contributed by atoms with Gasteiger partial charge in [-0.15, -0.1) is 0 Å². The summed E-state index contributed by atoms with van der Waals surface area (Å²) in [4.78, 5) is 3.27. The van der Waals surface area contributed by atoms with Crippen molar-refractivity contribution in [1.29, 1.82) is 5.26 Å². The van der Waals surface area contributed by atoms with Gasteiger partial charge in [0, 0.05) is 10.7 Å². The van der Waals surface area contributed by atoms with Crippen LogP contribution in [0.5, 0.6) is 5.75 Å². The largest absolute Gasteiger partial charge is 0.494 e. The standard InChI is InChI=1S/C8H5ClF2N2O3S/c1-16-5-3-13-8(17(9,14)15)6(7(10)11)4(5)2-12/h3,7H,1H3. The van der Waals surface area contributed by atoms with E-state index in [0.29, 0.717) is 0 Å². The predicted molar refractivity (Wildman–Crippen MR) is 53.5 cm³/mol. The van der Waals surface area contributed by atoms with Gasteiger partial charge in [-0.2, -0.15) is 5.26 Å². The number of rotatable bonds is 3. The Morgan fingerprint density at radius 2 is 2.18 bits per heavy atom. The van der Waals surface area contributed by atoms with Crippen molar-refractivity contribution in [2.75, 3.05) is 7.11 Å². The van der Waals surface area contributed by atoms with Gasteiger partial charge in [0.15, 0.2) is 10.8 Å². The minimum absolute atomic E-state index is 0.244. The molecule has 1 rings (SSSR count). The summed E-state index contributed by atoms with van der Waals surface area (Å²) in [6.45, 7) is 0. The van der Waals surface area contributed by atoms with Crippen LogP contribution in [0.3, 0.4) is 0 Å². The van der Waals surface area contributed by atoms with Crippen LogP contribution in [-0.2, 0) is 9.05 Å². The van der Waals surface area contributed by atoms with E-state index in [9.17, 15) is 17.2 Å². The zero-order chi connectivity index (χ0) is 13.2. The van der Waals surface area contributed by atoms with E-state index in [1.165, 1.54) is 6.07 Å². The molecule has 0 amide bonds. The lowest BCUT2D eigenvalue weighted by Crippen LogP contribution is -2.06. The van der Waals surface area contributed by atoms with Crippen molar-refractivity contribution in [3.05, 3.63) is 17.3 Å². The maximum Gasteiger partial charge on any atom is 0.279 e. The van der Waals surface area contributed by atoms with Crippen LogP contribution >= 0.6 is 10.7 Å². The molecule has 1 aromatic rings. The van der Waals surface area contributed by atoms with E-state index < -0.39 is 31.6 Å². The summed E-state index contributed by atoms with van der Waals surface area (Å²) in [5.41, 5.74) is -1.65. The Balaban J connectivity index is 3.74. The van der Waals surface area contributed by atoms with Crippen molar-refractivity contribution in [3.8, 4) is 11.8 Å². The van der Waals surface area contributed by atoms with Crippen LogP contribution in [0.4, 0.5) is 8.78 Å². The lowest BCUT2D eigenvalue weighted by atomic mass is 10.1. The average Bonchev–Trinajstić information content (AvgIpc) is 2.25. The first-order chi connectivity index (χ1) is 7.82. The summed E-state index contributed by atoms with van der Waals surface area (Å²) in [6, 6.07) is 1.44. The van der Waals surface area contributed by atoms with E-state index in [1.807, 2.05) is 0 Å². The first-order valence-electron chi connectivity index (χ1n) is 4.02. The third-order valence-corrected chi connectivity index (χ3v) is 3.05. The second-order valence-electron chi connectivity index (χ2n) is 2.77. The van der Waals surface area contributed by atoms with Crippen LogP contribution in [0.15, 0.2) is 11.2 Å². The quantitative estimate of drug-likeness (QED) is 0.790. The first-order valence-corrected chi connectivity index (χ1v) is 6.33. The van der Waals surface area contributed by atoms with Gasteiger partial charge in [-0.3, -0.25) is 0 Å². The Hall–Kier alpha value is -1.46. The van der Waals surface area contributed by atoms with E-state index in [0.717, 1.165) is 13.3 Å². The second-order valence-corrected chi connectivity index (χ2v) is 5.25. The van der Waals surface area contributed by atoms with E-state index in [1.54, 1.807) is 0 Å². The zero-order valence-corrected chi connectivity index (χ0v) is 9.89. The molecule has 0 atom stereocenters. The van der Waals surface area contributed by atoms with Crippen LogP contribution in [0.1, 0.15) is 17.6 Å². The molecule has 5 nitrogen and oxygen atoms in total. The van der Waals surface area contributed by atoms with Crippen LogP contribution < -0.4 is 4.74 Å². The molecule has 0 unspecified atom stereocenters. The van der Waals surface area contributed by atoms with Gasteiger partial charge in [-0.1, -0.05) is 0 Å². The molecule has 0 aliphatic heterocycles. The number of nitriles is 1. The molecule has 92 valence electrons. The molecule has 1 heterocycles. The van der Waals surface area contributed by atoms with Crippen LogP contribution in [-0.4, -0.2) is 20.5 Å². The Morgan fingerprint density at radius 1 is 1.59 bits per heavy atom. The minimum atomic E-state index is -4.46. The van der Waals surface area contributed by atoms with Gasteiger partial charge in [0.25, 0.3) is 15.5 Å². The monoisotopic (exact) mass is 282 g/mol. The molecular formula is C8H5ClF2N2O3S. The Kier molecular flexibility index (Phi) is 3.85. The maximum atomic E-state index is 12.8. The van der Waals surface area contributed by atoms with Crippen molar-refractivity contribution < 1.29 is 21.9 Å². The normalized spacial score (nSPS) is 11.3. The van der Waals surface area contributed by atoms with Gasteiger partial charge in [-0.25, -0.2) is 22.2 Å². The molecule has 9 heteroatoms. The number of hydrogen-bond donors (Lipinski definition) is 0. The molecule has 0 bridgehead atoms. The highest BCUT2D eigenvalue weighted by atomic mass is 35.7. The third-order valence-electron chi connectivity index (χ3n) is 1.83. The first kappa shape index (κ1) is 13.6. The number of halogens is 3.